The maximum atomic E-state index is 12.3. The lowest BCUT2D eigenvalue weighted by Crippen LogP contribution is -2.28. The fourth-order valence-corrected chi connectivity index (χ4v) is 24.4. The molecule has 10 aromatic carbocycles. The van der Waals surface area contributed by atoms with E-state index in [4.69, 9.17) is 37.8 Å². The van der Waals surface area contributed by atoms with Crippen LogP contribution in [0.2, 0.25) is 19.6 Å². The summed E-state index contributed by atoms with van der Waals surface area (Å²) in [6.07, 6.45) is 21.6. The summed E-state index contributed by atoms with van der Waals surface area (Å²) in [7, 11) is 4.43. The van der Waals surface area contributed by atoms with Crippen LogP contribution in [-0.2, 0) is 102 Å². The molecule has 0 aromatic heterocycles. The van der Waals surface area contributed by atoms with Crippen LogP contribution in [0.15, 0.2) is 249 Å². The minimum absolute atomic E-state index is 0.0459. The predicted molar refractivity (Wildman–Crippen MR) is 580 cm³/mol. The molecule has 0 saturated heterocycles. The molecule has 7 aliphatic carbocycles. The molecule has 140 heavy (non-hydrogen) atoms. The van der Waals surface area contributed by atoms with E-state index in [9.17, 15) is 34.2 Å². The van der Waals surface area contributed by atoms with Crippen molar-refractivity contribution in [1.29, 1.82) is 0 Å². The first-order valence-corrected chi connectivity index (χ1v) is 56.0. The van der Waals surface area contributed by atoms with Crippen molar-refractivity contribution >= 4 is 133 Å². The zero-order chi connectivity index (χ0) is 103. The topological polar surface area (TPSA) is 240 Å². The molecule has 746 valence electrons. The highest BCUT2D eigenvalue weighted by Crippen LogP contribution is 2.47. The molecule has 0 bridgehead atoms. The Bertz CT molecular complexity index is 5760. The fourth-order valence-electron chi connectivity index (χ4n) is 18.8. The second-order valence-electron chi connectivity index (χ2n) is 39.9. The van der Waals surface area contributed by atoms with Crippen molar-refractivity contribution in [3.8, 4) is 0 Å². The quantitative estimate of drug-likeness (QED) is 0.0174. The number of aliphatic hydroxyl groups is 2. The molecule has 0 amide bonds. The van der Waals surface area contributed by atoms with E-state index in [2.05, 4.69) is 270 Å². The maximum Gasteiger partial charge on any atom is 0.373 e. The van der Waals surface area contributed by atoms with Gasteiger partial charge in [0.15, 0.2) is 5.78 Å². The third-order valence-corrected chi connectivity index (χ3v) is 32.7. The number of allylic oxidation sites excluding steroid dienone is 1. The number of ketones is 1. The first kappa shape index (κ1) is 117. The van der Waals surface area contributed by atoms with Crippen molar-refractivity contribution < 1.29 is 76.7 Å². The second kappa shape index (κ2) is 57.1. The van der Waals surface area contributed by atoms with Crippen LogP contribution in [-0.4, -0.2) is 102 Å². The van der Waals surface area contributed by atoms with Gasteiger partial charge in [0.05, 0.1) is 41.0 Å². The van der Waals surface area contributed by atoms with Gasteiger partial charge < -0.3 is 33.6 Å². The van der Waals surface area contributed by atoms with Gasteiger partial charge in [0.2, 0.25) is 8.32 Å². The van der Waals surface area contributed by atoms with Crippen molar-refractivity contribution in [2.24, 2.45) is 10.8 Å². The molecule has 2 N–H and O–H groups in total. The van der Waals surface area contributed by atoms with Crippen LogP contribution < -0.4 is 15.9 Å². The molecule has 0 fully saturated rings. The number of carbonyl (C=O) groups excluding carboxylic acids is 9. The molecule has 0 heterocycles. The summed E-state index contributed by atoms with van der Waals surface area (Å²) in [5.74, 6) is 6.03. The predicted octanol–water partition coefficient (Wildman–Crippen LogP) is 27.2. The second-order valence-corrected chi connectivity index (χ2v) is 50.3. The Hall–Kier alpha value is -10.3. The number of aryl methyl sites for hydroxylation is 7. The first-order valence-electron chi connectivity index (χ1n) is 48.4. The van der Waals surface area contributed by atoms with Crippen LogP contribution in [0.3, 0.4) is 0 Å². The summed E-state index contributed by atoms with van der Waals surface area (Å²) < 4.78 is 28.4. The lowest BCUT2D eigenvalue weighted by Gasteiger charge is -2.31. The van der Waals surface area contributed by atoms with Gasteiger partial charge in [-0.3, -0.25) is 14.4 Å². The number of fused-ring (bicyclic) bond motifs is 7. The number of halogens is 3. The third-order valence-electron chi connectivity index (χ3n) is 26.5. The number of ether oxygens (including phenoxy) is 4. The van der Waals surface area contributed by atoms with Crippen molar-refractivity contribution in [2.75, 3.05) is 35.0 Å². The highest BCUT2D eigenvalue weighted by Gasteiger charge is 2.34. The zero-order valence-corrected chi connectivity index (χ0v) is 92.1. The number of hydrogen-bond acceptors (Lipinski definition) is 16. The number of rotatable bonds is 16. The molecule has 0 spiro atoms. The minimum atomic E-state index is -2.23. The SMILES string of the molecule is CC1CCc2ccc(Br)cc21.CC1CCc2ccc(C(CCO)C(C)(C)C)cc21.CC1CCc2ccc(C=O)cc21.COC(=O)/C=C/c1ccc2c(c1)C(C)CC2.COC(=O)C=P(c1ccccc1)(c1ccccc1)c1ccccc1.COC(=O)CC(c1ccc2c(c1)C(C)CC2)C(C)(C)C.COC(O[Si](C)(C)C)=C(C)C.O=C1CCc2ccc(Br)cc21.O=C=O.O=C=O.OC1CCc2ccc(Br)cc21. The lowest BCUT2D eigenvalue weighted by atomic mass is 9.74. The molecular weight excluding hydrogens is 1980 g/mol. The molecule has 17 rings (SSSR count). The van der Waals surface area contributed by atoms with E-state index in [1.807, 2.05) is 111 Å². The van der Waals surface area contributed by atoms with Crippen LogP contribution in [0, 0.1) is 10.8 Å². The zero-order valence-electron chi connectivity index (χ0n) is 85.4. The van der Waals surface area contributed by atoms with Gasteiger partial charge in [0, 0.05) is 55.0 Å². The Labute approximate surface area is 858 Å². The van der Waals surface area contributed by atoms with Crippen LogP contribution in [0.4, 0.5) is 0 Å². The van der Waals surface area contributed by atoms with Gasteiger partial charge in [-0.1, -0.05) is 300 Å². The number of esters is 3. The van der Waals surface area contributed by atoms with Crippen molar-refractivity contribution in [2.45, 2.75) is 260 Å². The fraction of sp³-hybridized carbons (Fsp3) is 0.395. The van der Waals surface area contributed by atoms with E-state index in [0.717, 1.165) is 90.6 Å². The van der Waals surface area contributed by atoms with E-state index >= 15 is 0 Å². The molecule has 8 atom stereocenters. The molecule has 10 aromatic rings. The van der Waals surface area contributed by atoms with Crippen LogP contribution in [0.25, 0.3) is 6.08 Å². The molecule has 0 aliphatic heterocycles. The summed E-state index contributed by atoms with van der Waals surface area (Å²) >= 11 is 10.2. The van der Waals surface area contributed by atoms with Crippen molar-refractivity contribution in [3.05, 3.63) is 350 Å². The van der Waals surface area contributed by atoms with Gasteiger partial charge in [0.25, 0.3) is 5.95 Å². The summed E-state index contributed by atoms with van der Waals surface area (Å²) in [4.78, 5) is 89.2. The molecule has 16 nitrogen and oxygen atoms in total. The Morgan fingerprint density at radius 3 is 1.18 bits per heavy atom. The molecule has 8 unspecified atom stereocenters. The van der Waals surface area contributed by atoms with E-state index < -0.39 is 15.2 Å². The maximum absolute atomic E-state index is 12.3. The number of aldehydes is 1. The highest BCUT2D eigenvalue weighted by molar-refractivity contribution is 9.11. The van der Waals surface area contributed by atoms with E-state index in [1.54, 1.807) is 35.7 Å². The summed E-state index contributed by atoms with van der Waals surface area (Å²) in [6.45, 7) is 33.2. The Morgan fingerprint density at radius 1 is 0.443 bits per heavy atom. The minimum Gasteiger partial charge on any atom is -0.520 e. The number of Topliss-reactive ketones (excluding diaryl/α,β-unsaturated/α-hetero) is 1. The largest absolute Gasteiger partial charge is 0.520 e. The number of hydrogen-bond donors (Lipinski definition) is 2. The normalized spacial score (nSPS) is 16.8. The van der Waals surface area contributed by atoms with Crippen molar-refractivity contribution in [1.82, 2.24) is 0 Å². The van der Waals surface area contributed by atoms with Gasteiger partial charge in [-0.25, -0.2) is 9.59 Å². The third kappa shape index (κ3) is 35.1. The molecule has 0 saturated carbocycles. The molecule has 21 heteroatoms. The van der Waals surface area contributed by atoms with Gasteiger partial charge in [0.1, 0.15) is 6.29 Å². The van der Waals surface area contributed by atoms with Crippen LogP contribution in [0.1, 0.15) is 305 Å². The van der Waals surface area contributed by atoms with Gasteiger partial charge in [-0.15, -0.1) is 0 Å². The standard InChI is InChI=1S/C21H19O2P.C18H26O2.C17H26O.C14H16O2.C11H12O.C10H11Br.C9H9BrO.C9H7BrO.C8H18O2Si.2CO2/c1-23-21(22)17-24(18-11-5-2-6-12-18,19-13-7-3-8-14-19)20-15-9-4-10-16-20;1-12-6-7-13-8-9-14(10-15(12)13)16(18(2,3)4)11-17(19)20-5;1-12-5-6-13-7-8-14(11-15(12)13)16(9-10-18)17(2,3)4;1-10-3-6-12-7-4-11(9-13(10)12)5-8-14(15)16-2;1-8-2-4-10-5-3-9(7-12)6-11(8)10;1-7-2-3-8-4-5-9(11)6-10(7)8;2*10-7-3-1-6-2-4-9(11)8(6)5-7;1-7(2)8(9-3)10-11(4,5)6;2*2-1-3/h2-17H,1H3;8-10,12,16H,6-7,11H2,1-5H3;7-8,11-12,16,18H,5-6,9-10H2,1-4H3;4-5,7-10H,3,6H2,1-2H3;3,5-8H,2,4H2,1H3;4-7H,2-3H2,1H3;1,3,5,9,11H,2,4H2;1,3,5H,2,4H2;1-6H3;;/b;;;8-5+;;;;;;;. The Morgan fingerprint density at radius 2 is 0.800 bits per heavy atom. The number of aliphatic hydroxyl groups excluding tert-OH is 2. The van der Waals surface area contributed by atoms with Crippen LogP contribution in [0.5, 0.6) is 0 Å². The summed E-state index contributed by atoms with van der Waals surface area (Å²) in [5.41, 5.74) is 25.2. The van der Waals surface area contributed by atoms with Crippen LogP contribution >= 0.6 is 54.7 Å². The van der Waals surface area contributed by atoms with Gasteiger partial charge in [-0.05, 0) is 336 Å². The smallest absolute Gasteiger partial charge is 0.373 e. The number of methoxy groups -OCH3 is 4. The van der Waals surface area contributed by atoms with Crippen molar-refractivity contribution in [3.63, 3.8) is 0 Å². The monoisotopic (exact) mass is 2120 g/mol. The number of benzene rings is 10. The molecular formula is C119H144Br3O16PSi. The Balaban J connectivity index is 0.000000215. The number of carbonyl (C=O) groups is 5. The Kier molecular flexibility index (Phi) is 47.6. The summed E-state index contributed by atoms with van der Waals surface area (Å²) in [5, 5.41) is 22.2. The lowest BCUT2D eigenvalue weighted by molar-refractivity contribution is -0.193. The molecule has 0 radical (unpaired) electrons. The van der Waals surface area contributed by atoms with Gasteiger partial charge >= 0.3 is 30.2 Å². The van der Waals surface area contributed by atoms with E-state index in [0.29, 0.717) is 48.4 Å². The summed E-state index contributed by atoms with van der Waals surface area (Å²) in [6, 6.07) is 75.4. The molecule has 7 aliphatic rings. The average molecular weight is 2130 g/mol. The van der Waals surface area contributed by atoms with E-state index in [1.165, 1.54) is 157 Å². The van der Waals surface area contributed by atoms with Gasteiger partial charge in [-0.2, -0.15) is 19.2 Å². The highest BCUT2D eigenvalue weighted by atomic mass is 79.9. The average Bonchev–Trinajstić information content (AvgIpc) is 1.45. The first-order chi connectivity index (χ1) is 66.5. The van der Waals surface area contributed by atoms with E-state index in [-0.39, 0.29) is 65.5 Å².